The largest absolute Gasteiger partial charge is 0.294 e. The van der Waals surface area contributed by atoms with Gasteiger partial charge in [-0.1, -0.05) is 91.4 Å². The van der Waals surface area contributed by atoms with Gasteiger partial charge in [0.05, 0.1) is 4.90 Å². The molecule has 34 heavy (non-hydrogen) atoms. The molecule has 0 radical (unpaired) electrons. The molecule has 198 valence electrons. The van der Waals surface area contributed by atoms with Crippen molar-refractivity contribution in [2.24, 2.45) is 0 Å². The summed E-state index contributed by atoms with van der Waals surface area (Å²) in [7, 11) is -15.2. The quantitative estimate of drug-likeness (QED) is 0.183. The van der Waals surface area contributed by atoms with E-state index in [9.17, 15) is 38.9 Å². The molecule has 1 aromatic rings. The first-order valence-electron chi connectivity index (χ1n) is 11.6. The lowest BCUT2D eigenvalue weighted by molar-refractivity contribution is 0.414. The number of hydrogen-bond acceptors (Lipinski definition) is 6. The van der Waals surface area contributed by atoms with Crippen LogP contribution in [0.1, 0.15) is 103 Å². The molecule has 0 bridgehead atoms. The molecule has 0 heterocycles. The standard InChI is InChI=1S/C22H38O9S3/c1-4-5-6-7-8-9-10-11-12-13-14-15-22(2,3)21-19(33(26,27)28)16-18(32(23,24)25)17-20(21)34(29,30)31/h16-17H,4-15H2,1-3H3,(H,23,24,25)(H,26,27,28)(H,29,30,31). The second kappa shape index (κ2) is 12.8. The second-order valence-corrected chi connectivity index (χ2v) is 13.6. The van der Waals surface area contributed by atoms with Crippen molar-refractivity contribution in [3.8, 4) is 0 Å². The highest BCUT2D eigenvalue weighted by Gasteiger charge is 2.36. The van der Waals surface area contributed by atoms with Gasteiger partial charge >= 0.3 is 0 Å². The molecule has 0 spiro atoms. The van der Waals surface area contributed by atoms with Crippen molar-refractivity contribution in [2.45, 2.75) is 118 Å². The Morgan fingerprint density at radius 2 is 0.971 bits per heavy atom. The van der Waals surface area contributed by atoms with Gasteiger partial charge in [0.1, 0.15) is 9.79 Å². The third-order valence-corrected chi connectivity index (χ3v) is 8.56. The van der Waals surface area contributed by atoms with Crippen molar-refractivity contribution >= 4 is 30.4 Å². The molecule has 0 aliphatic heterocycles. The zero-order chi connectivity index (χ0) is 26.2. The van der Waals surface area contributed by atoms with Crippen molar-refractivity contribution in [3.05, 3.63) is 17.7 Å². The summed E-state index contributed by atoms with van der Waals surface area (Å²) in [6.45, 7) is 5.28. The molecule has 1 rings (SSSR count). The molecule has 12 heteroatoms. The second-order valence-electron chi connectivity index (χ2n) is 9.39. The SMILES string of the molecule is CCCCCCCCCCCCCC(C)(C)c1c(S(=O)(=O)O)cc(S(=O)(=O)O)cc1S(=O)(=O)O. The van der Waals surface area contributed by atoms with Crippen LogP contribution >= 0.6 is 0 Å². The van der Waals surface area contributed by atoms with Crippen LogP contribution in [-0.4, -0.2) is 38.9 Å². The van der Waals surface area contributed by atoms with Gasteiger partial charge in [-0.15, -0.1) is 0 Å². The average Bonchev–Trinajstić information content (AvgIpc) is 2.69. The fourth-order valence-electron chi connectivity index (χ4n) is 4.14. The van der Waals surface area contributed by atoms with E-state index >= 15 is 0 Å². The van der Waals surface area contributed by atoms with Crippen molar-refractivity contribution in [1.29, 1.82) is 0 Å². The van der Waals surface area contributed by atoms with Crippen molar-refractivity contribution in [2.75, 3.05) is 0 Å². The molecule has 0 aromatic heterocycles. The Balaban J connectivity index is 3.00. The minimum Gasteiger partial charge on any atom is -0.282 e. The van der Waals surface area contributed by atoms with Gasteiger partial charge in [0.15, 0.2) is 0 Å². The van der Waals surface area contributed by atoms with E-state index in [1.807, 2.05) is 0 Å². The van der Waals surface area contributed by atoms with Crippen LogP contribution in [-0.2, 0) is 35.8 Å². The zero-order valence-corrected chi connectivity index (χ0v) is 22.6. The molecule has 3 N–H and O–H groups in total. The van der Waals surface area contributed by atoms with Crippen LogP contribution in [0.25, 0.3) is 0 Å². The van der Waals surface area contributed by atoms with Crippen LogP contribution in [0.3, 0.4) is 0 Å². The minimum atomic E-state index is -5.09. The van der Waals surface area contributed by atoms with Gasteiger partial charge in [-0.05, 0) is 29.5 Å². The Morgan fingerprint density at radius 3 is 1.29 bits per heavy atom. The van der Waals surface area contributed by atoms with Crippen LogP contribution in [0, 0.1) is 0 Å². The third-order valence-electron chi connectivity index (χ3n) is 5.98. The highest BCUT2D eigenvalue weighted by molar-refractivity contribution is 7.87. The van der Waals surface area contributed by atoms with E-state index in [-0.39, 0.29) is 0 Å². The van der Waals surface area contributed by atoms with E-state index in [1.54, 1.807) is 13.8 Å². The van der Waals surface area contributed by atoms with Crippen molar-refractivity contribution < 1.29 is 38.9 Å². The third kappa shape index (κ3) is 9.90. The van der Waals surface area contributed by atoms with Crippen LogP contribution < -0.4 is 0 Å². The van der Waals surface area contributed by atoms with E-state index < -0.39 is 56.0 Å². The Hall–Kier alpha value is -1.05. The maximum atomic E-state index is 12.0. The van der Waals surface area contributed by atoms with Crippen LogP contribution in [0.4, 0.5) is 0 Å². The Kier molecular flexibility index (Phi) is 11.6. The summed E-state index contributed by atoms with van der Waals surface area (Å²) in [5.41, 5.74) is -1.58. The van der Waals surface area contributed by atoms with Crippen LogP contribution in [0.15, 0.2) is 26.8 Å². The smallest absolute Gasteiger partial charge is 0.282 e. The zero-order valence-electron chi connectivity index (χ0n) is 20.2. The number of rotatable bonds is 16. The van der Waals surface area contributed by atoms with Crippen LogP contribution in [0.5, 0.6) is 0 Å². The van der Waals surface area contributed by atoms with Crippen molar-refractivity contribution in [3.63, 3.8) is 0 Å². The number of hydrogen-bond donors (Lipinski definition) is 3. The molecule has 0 saturated carbocycles. The Morgan fingerprint density at radius 1 is 0.618 bits per heavy atom. The van der Waals surface area contributed by atoms with E-state index in [0.29, 0.717) is 25.0 Å². The molecule has 0 aliphatic rings. The van der Waals surface area contributed by atoms with E-state index in [2.05, 4.69) is 6.92 Å². The summed E-state index contributed by atoms with van der Waals surface area (Å²) in [5, 5.41) is 0. The monoisotopic (exact) mass is 542 g/mol. The maximum absolute atomic E-state index is 12.0. The van der Waals surface area contributed by atoms with E-state index in [4.69, 9.17) is 0 Å². The fraction of sp³-hybridized carbons (Fsp3) is 0.727. The summed E-state index contributed by atoms with van der Waals surface area (Å²) in [5.74, 6) is 0. The fourth-order valence-corrected chi connectivity index (χ4v) is 6.73. The molecule has 0 atom stereocenters. The van der Waals surface area contributed by atoms with Gasteiger partial charge in [-0.2, -0.15) is 25.3 Å². The van der Waals surface area contributed by atoms with Gasteiger partial charge < -0.3 is 0 Å². The maximum Gasteiger partial charge on any atom is 0.294 e. The predicted octanol–water partition coefficient (Wildman–Crippen LogP) is 5.41. The first-order valence-corrected chi connectivity index (χ1v) is 15.9. The molecule has 9 nitrogen and oxygen atoms in total. The highest BCUT2D eigenvalue weighted by Crippen LogP contribution is 2.40. The molecule has 0 saturated heterocycles. The summed E-state index contributed by atoms with van der Waals surface area (Å²) < 4.78 is 99.8. The average molecular weight is 543 g/mol. The van der Waals surface area contributed by atoms with Gasteiger partial charge in [0.25, 0.3) is 30.4 Å². The Bertz CT molecular complexity index is 1070. The lowest BCUT2D eigenvalue weighted by atomic mass is 9.79. The van der Waals surface area contributed by atoms with Crippen molar-refractivity contribution in [1.82, 2.24) is 0 Å². The van der Waals surface area contributed by atoms with E-state index in [1.165, 1.54) is 38.5 Å². The first-order chi connectivity index (χ1) is 15.5. The number of benzene rings is 1. The summed E-state index contributed by atoms with van der Waals surface area (Å²) >= 11 is 0. The van der Waals surface area contributed by atoms with E-state index in [0.717, 1.165) is 25.7 Å². The van der Waals surface area contributed by atoms with Gasteiger partial charge in [-0.25, -0.2) is 0 Å². The van der Waals surface area contributed by atoms with Gasteiger partial charge in [0.2, 0.25) is 0 Å². The Labute approximate surface area is 204 Å². The minimum absolute atomic E-state index is 0.320. The predicted molar refractivity (Wildman–Crippen MR) is 130 cm³/mol. The lowest BCUT2D eigenvalue weighted by Gasteiger charge is -2.29. The van der Waals surface area contributed by atoms with Crippen LogP contribution in [0.2, 0.25) is 0 Å². The topological polar surface area (TPSA) is 163 Å². The highest BCUT2D eigenvalue weighted by atomic mass is 32.2. The lowest BCUT2D eigenvalue weighted by Crippen LogP contribution is -2.25. The number of unbranched alkanes of at least 4 members (excludes halogenated alkanes) is 10. The first kappa shape index (κ1) is 31.0. The van der Waals surface area contributed by atoms with Gasteiger partial charge in [0, 0.05) is 0 Å². The van der Waals surface area contributed by atoms with Gasteiger partial charge in [-0.3, -0.25) is 13.7 Å². The molecule has 0 amide bonds. The summed E-state index contributed by atoms with van der Waals surface area (Å²) in [6.07, 6.45) is 12.3. The normalized spacial score (nSPS) is 13.4. The summed E-state index contributed by atoms with van der Waals surface area (Å²) in [4.78, 5) is -3.03. The summed E-state index contributed by atoms with van der Waals surface area (Å²) in [6, 6.07) is 0.994. The molecule has 1 aromatic carbocycles. The molecule has 0 fully saturated rings. The molecular formula is C22H38O9S3. The molecule has 0 aliphatic carbocycles. The molecule has 0 unspecified atom stereocenters. The molecular weight excluding hydrogens is 504 g/mol.